The largest absolute Gasteiger partial charge is 0.496 e. The summed E-state index contributed by atoms with van der Waals surface area (Å²) in [6.45, 7) is 10.3. The minimum atomic E-state index is -0.139. The number of hydrogen-bond acceptors (Lipinski definition) is 3. The molecule has 1 N–H and O–H groups in total. The van der Waals surface area contributed by atoms with Gasteiger partial charge in [0.1, 0.15) is 11.5 Å². The Morgan fingerprint density at radius 2 is 1.69 bits per heavy atom. The molecule has 4 nitrogen and oxygen atoms in total. The van der Waals surface area contributed by atoms with E-state index in [2.05, 4.69) is 25.2 Å². The van der Waals surface area contributed by atoms with Crippen molar-refractivity contribution in [1.29, 1.82) is 0 Å². The second-order valence-electron chi connectivity index (χ2n) is 7.00. The van der Waals surface area contributed by atoms with E-state index in [4.69, 9.17) is 9.47 Å². The van der Waals surface area contributed by atoms with Crippen LogP contribution in [0, 0.1) is 13.8 Å². The molecule has 0 saturated carbocycles. The number of amides is 1. The molecule has 0 aliphatic rings. The first kappa shape index (κ1) is 19.8. The van der Waals surface area contributed by atoms with Crippen molar-refractivity contribution in [1.82, 2.24) is 5.32 Å². The van der Waals surface area contributed by atoms with E-state index in [0.29, 0.717) is 11.7 Å². The molecule has 0 saturated heterocycles. The molecule has 1 amide bonds. The van der Waals surface area contributed by atoms with Crippen LogP contribution >= 0.6 is 0 Å². The van der Waals surface area contributed by atoms with E-state index in [-0.39, 0.29) is 18.6 Å². The van der Waals surface area contributed by atoms with E-state index in [9.17, 15) is 4.79 Å². The number of nitrogens with one attached hydrogen (secondary N) is 1. The molecule has 0 aromatic heterocycles. The minimum absolute atomic E-state index is 0.000356. The van der Waals surface area contributed by atoms with Crippen molar-refractivity contribution >= 4 is 5.91 Å². The van der Waals surface area contributed by atoms with Crippen LogP contribution in [0.3, 0.4) is 0 Å². The van der Waals surface area contributed by atoms with Crippen LogP contribution < -0.4 is 14.8 Å². The van der Waals surface area contributed by atoms with Gasteiger partial charge in [-0.2, -0.15) is 0 Å². The second kappa shape index (κ2) is 8.75. The van der Waals surface area contributed by atoms with Gasteiger partial charge in [0, 0.05) is 0 Å². The Labute approximate surface area is 156 Å². The highest BCUT2D eigenvalue weighted by Crippen LogP contribution is 2.32. The molecule has 26 heavy (non-hydrogen) atoms. The number of hydrogen-bond donors (Lipinski definition) is 1. The topological polar surface area (TPSA) is 47.6 Å². The van der Waals surface area contributed by atoms with E-state index in [1.807, 2.05) is 51.1 Å². The van der Waals surface area contributed by atoms with E-state index in [1.165, 1.54) is 0 Å². The molecule has 0 aliphatic carbocycles. The van der Waals surface area contributed by atoms with Gasteiger partial charge in [-0.25, -0.2) is 0 Å². The average molecular weight is 355 g/mol. The van der Waals surface area contributed by atoms with Crippen LogP contribution in [-0.2, 0) is 4.79 Å². The van der Waals surface area contributed by atoms with Crippen LogP contribution in [0.5, 0.6) is 11.5 Å². The summed E-state index contributed by atoms with van der Waals surface area (Å²) in [4.78, 5) is 12.3. The summed E-state index contributed by atoms with van der Waals surface area (Å²) in [6.07, 6.45) is 0. The maximum Gasteiger partial charge on any atom is 0.258 e. The zero-order valence-electron chi connectivity index (χ0n) is 16.6. The van der Waals surface area contributed by atoms with Gasteiger partial charge < -0.3 is 14.8 Å². The van der Waals surface area contributed by atoms with Crippen LogP contribution in [0.2, 0.25) is 0 Å². The molecule has 2 aromatic rings. The molecule has 4 heteroatoms. The Bertz CT molecular complexity index is 751. The fraction of sp³-hybridized carbons (Fsp3) is 0.409. The third-order valence-electron chi connectivity index (χ3n) is 4.48. The number of carbonyl (C=O) groups is 1. The Morgan fingerprint density at radius 3 is 2.27 bits per heavy atom. The fourth-order valence-corrected chi connectivity index (χ4v) is 2.95. The summed E-state index contributed by atoms with van der Waals surface area (Å²) >= 11 is 0. The zero-order chi connectivity index (χ0) is 19.3. The summed E-state index contributed by atoms with van der Waals surface area (Å²) in [5, 5.41) is 3.02. The Kier molecular flexibility index (Phi) is 6.67. The Morgan fingerprint density at radius 1 is 1.04 bits per heavy atom. The van der Waals surface area contributed by atoms with E-state index in [1.54, 1.807) is 7.11 Å². The molecule has 0 aliphatic heterocycles. The number of aryl methyl sites for hydroxylation is 2. The molecule has 0 unspecified atom stereocenters. The number of rotatable bonds is 7. The van der Waals surface area contributed by atoms with Crippen molar-refractivity contribution in [3.8, 4) is 11.5 Å². The number of benzene rings is 2. The van der Waals surface area contributed by atoms with Gasteiger partial charge in [-0.3, -0.25) is 4.79 Å². The first-order chi connectivity index (χ1) is 12.3. The molecule has 0 spiro atoms. The first-order valence-corrected chi connectivity index (χ1v) is 8.99. The van der Waals surface area contributed by atoms with Crippen molar-refractivity contribution in [2.45, 2.75) is 46.6 Å². The third-order valence-corrected chi connectivity index (χ3v) is 4.48. The summed E-state index contributed by atoms with van der Waals surface area (Å²) in [7, 11) is 1.69. The predicted molar refractivity (Wildman–Crippen MR) is 105 cm³/mol. The molecule has 1 atom stereocenters. The van der Waals surface area contributed by atoms with E-state index < -0.39 is 0 Å². The van der Waals surface area contributed by atoms with Crippen LogP contribution in [-0.4, -0.2) is 19.6 Å². The summed E-state index contributed by atoms with van der Waals surface area (Å²) in [5.74, 6) is 1.79. The predicted octanol–water partition coefficient (Wildman–Crippen LogP) is 4.69. The summed E-state index contributed by atoms with van der Waals surface area (Å²) in [6, 6.07) is 11.7. The van der Waals surface area contributed by atoms with Crippen molar-refractivity contribution in [3.05, 3.63) is 58.7 Å². The third kappa shape index (κ3) is 5.01. The van der Waals surface area contributed by atoms with E-state index >= 15 is 0 Å². The highest BCUT2D eigenvalue weighted by molar-refractivity contribution is 5.78. The monoisotopic (exact) mass is 355 g/mol. The van der Waals surface area contributed by atoms with Gasteiger partial charge >= 0.3 is 0 Å². The molecule has 2 rings (SSSR count). The molecular formula is C22H29NO3. The van der Waals surface area contributed by atoms with Gasteiger partial charge in [0.25, 0.3) is 5.91 Å². The first-order valence-electron chi connectivity index (χ1n) is 8.99. The van der Waals surface area contributed by atoms with Crippen LogP contribution in [0.1, 0.15) is 55.0 Å². The lowest BCUT2D eigenvalue weighted by Gasteiger charge is -2.21. The lowest BCUT2D eigenvalue weighted by atomic mass is 9.93. The number of carbonyl (C=O) groups excluding carboxylic acids is 1. The Balaban J connectivity index is 2.04. The molecule has 2 aromatic carbocycles. The minimum Gasteiger partial charge on any atom is -0.496 e. The molecule has 0 radical (unpaired) electrons. The van der Waals surface area contributed by atoms with Gasteiger partial charge in [0.05, 0.1) is 13.2 Å². The maximum atomic E-state index is 12.3. The lowest BCUT2D eigenvalue weighted by molar-refractivity contribution is -0.123. The summed E-state index contributed by atoms with van der Waals surface area (Å²) in [5.41, 5.74) is 4.49. The number of ether oxygens (including phenoxy) is 2. The highest BCUT2D eigenvalue weighted by atomic mass is 16.5. The average Bonchev–Trinajstić information content (AvgIpc) is 2.60. The standard InChI is InChI=1S/C22H29NO3/c1-14(2)19-12-20(16(4)11-21(19)25-6)17(5)23-22(24)13-26-18-9-7-15(3)8-10-18/h7-12,14,17H,13H2,1-6H3,(H,23,24)/t17-/m1/s1. The molecule has 0 heterocycles. The van der Waals surface area contributed by atoms with Crippen molar-refractivity contribution in [2.75, 3.05) is 13.7 Å². The lowest BCUT2D eigenvalue weighted by Crippen LogP contribution is -2.31. The van der Waals surface area contributed by atoms with Crippen molar-refractivity contribution in [2.24, 2.45) is 0 Å². The molecule has 0 fully saturated rings. The summed E-state index contributed by atoms with van der Waals surface area (Å²) < 4.78 is 11.0. The van der Waals surface area contributed by atoms with E-state index in [0.717, 1.165) is 28.0 Å². The van der Waals surface area contributed by atoms with Gasteiger partial charge in [0.2, 0.25) is 0 Å². The van der Waals surface area contributed by atoms with Crippen molar-refractivity contribution < 1.29 is 14.3 Å². The van der Waals surface area contributed by atoms with Crippen molar-refractivity contribution in [3.63, 3.8) is 0 Å². The normalized spacial score (nSPS) is 12.0. The molecule has 0 bridgehead atoms. The maximum absolute atomic E-state index is 12.3. The van der Waals surface area contributed by atoms with Crippen LogP contribution in [0.25, 0.3) is 0 Å². The Hall–Kier alpha value is -2.49. The molecule has 140 valence electrons. The smallest absolute Gasteiger partial charge is 0.258 e. The quantitative estimate of drug-likeness (QED) is 0.784. The van der Waals surface area contributed by atoms with Gasteiger partial charge in [-0.15, -0.1) is 0 Å². The SMILES string of the molecule is COc1cc(C)c([C@@H](C)NC(=O)COc2ccc(C)cc2)cc1C(C)C. The van der Waals surface area contributed by atoms with Crippen LogP contribution in [0.15, 0.2) is 36.4 Å². The highest BCUT2D eigenvalue weighted by Gasteiger charge is 2.17. The number of methoxy groups -OCH3 is 1. The zero-order valence-corrected chi connectivity index (χ0v) is 16.6. The van der Waals surface area contributed by atoms with Gasteiger partial charge in [0.15, 0.2) is 6.61 Å². The van der Waals surface area contributed by atoms with Gasteiger partial charge in [-0.05, 0) is 67.6 Å². The second-order valence-corrected chi connectivity index (χ2v) is 7.00. The molecular weight excluding hydrogens is 326 g/mol. The van der Waals surface area contributed by atoms with Crippen LogP contribution in [0.4, 0.5) is 0 Å². The fourth-order valence-electron chi connectivity index (χ4n) is 2.95. The van der Waals surface area contributed by atoms with Gasteiger partial charge in [-0.1, -0.05) is 31.5 Å².